The Balaban J connectivity index is 2.15. The molecule has 98 valence electrons. The number of aryl methyl sites for hydroxylation is 1. The van der Waals surface area contributed by atoms with Crippen LogP contribution >= 0.6 is 0 Å². The molecular formula is C14H21N3O. The molecule has 4 heteroatoms. The Labute approximate surface area is 108 Å². The second-order valence-corrected chi connectivity index (χ2v) is 5.23. The fraction of sp³-hybridized carbons (Fsp3) is 0.571. The summed E-state index contributed by atoms with van der Waals surface area (Å²) >= 11 is 0. The molecule has 0 unspecified atom stereocenters. The van der Waals surface area contributed by atoms with Gasteiger partial charge in [-0.2, -0.15) is 0 Å². The van der Waals surface area contributed by atoms with Crippen LogP contribution in [-0.2, 0) is 4.79 Å². The zero-order valence-electron chi connectivity index (χ0n) is 11.1. The highest BCUT2D eigenvalue weighted by molar-refractivity contribution is 5.95. The highest BCUT2D eigenvalue weighted by atomic mass is 16.2. The Morgan fingerprint density at radius 1 is 1.50 bits per heavy atom. The van der Waals surface area contributed by atoms with Gasteiger partial charge in [-0.25, -0.2) is 4.98 Å². The lowest BCUT2D eigenvalue weighted by atomic mass is 9.82. The highest BCUT2D eigenvalue weighted by Crippen LogP contribution is 2.41. The molecule has 0 aromatic carbocycles. The molecule has 0 saturated heterocycles. The van der Waals surface area contributed by atoms with E-state index in [4.69, 9.17) is 5.73 Å². The molecule has 2 rings (SSSR count). The zero-order valence-corrected chi connectivity index (χ0v) is 11.1. The summed E-state index contributed by atoms with van der Waals surface area (Å²) in [6, 6.07) is 1.83. The van der Waals surface area contributed by atoms with Gasteiger partial charge in [0.25, 0.3) is 0 Å². The summed E-state index contributed by atoms with van der Waals surface area (Å²) in [6.45, 7) is 4.00. The van der Waals surface area contributed by atoms with Crippen molar-refractivity contribution in [1.29, 1.82) is 0 Å². The summed E-state index contributed by atoms with van der Waals surface area (Å²) in [5, 5.41) is 2.97. The first-order valence-corrected chi connectivity index (χ1v) is 6.61. The lowest BCUT2D eigenvalue weighted by Gasteiger charge is -2.26. The van der Waals surface area contributed by atoms with Crippen LogP contribution in [0.25, 0.3) is 0 Å². The smallest absolute Gasteiger partial charge is 0.231 e. The monoisotopic (exact) mass is 247 g/mol. The molecule has 1 fully saturated rings. The van der Waals surface area contributed by atoms with Crippen LogP contribution in [0.15, 0.2) is 12.3 Å². The fourth-order valence-electron chi connectivity index (χ4n) is 2.76. The molecular weight excluding hydrogens is 226 g/mol. The molecule has 4 nitrogen and oxygen atoms in total. The summed E-state index contributed by atoms with van der Waals surface area (Å²) in [5.74, 6) is 0.747. The predicted octanol–water partition coefficient (Wildman–Crippen LogP) is 2.88. The summed E-state index contributed by atoms with van der Waals surface area (Å²) < 4.78 is 0. The molecule has 0 bridgehead atoms. The Morgan fingerprint density at radius 3 is 2.72 bits per heavy atom. The number of carbonyl (C=O) groups is 1. The summed E-state index contributed by atoms with van der Waals surface area (Å²) in [6.07, 6.45) is 6.75. The lowest BCUT2D eigenvalue weighted by Crippen LogP contribution is -2.33. The van der Waals surface area contributed by atoms with Gasteiger partial charge >= 0.3 is 0 Å². The minimum atomic E-state index is -0.185. The maximum atomic E-state index is 12.4. The number of nitrogens with zero attached hydrogens (tertiary/aromatic N) is 1. The number of pyridine rings is 1. The van der Waals surface area contributed by atoms with Gasteiger partial charge in [0.15, 0.2) is 0 Å². The van der Waals surface area contributed by atoms with Gasteiger partial charge in [0, 0.05) is 5.41 Å². The van der Waals surface area contributed by atoms with Crippen molar-refractivity contribution in [2.45, 2.75) is 46.0 Å². The number of anilines is 2. The standard InChI is InChI=1S/C14H21N3O/c1-3-14(6-4-5-7-14)13(18)17-12-10(2)8-11(15)9-16-12/h8-9H,3-7,15H2,1-2H3,(H,16,17,18). The van der Waals surface area contributed by atoms with E-state index < -0.39 is 0 Å². The van der Waals surface area contributed by atoms with Gasteiger partial charge in [-0.15, -0.1) is 0 Å². The molecule has 0 spiro atoms. The quantitative estimate of drug-likeness (QED) is 0.863. The number of nitrogens with two attached hydrogens (primary N) is 1. The van der Waals surface area contributed by atoms with Gasteiger partial charge < -0.3 is 11.1 Å². The molecule has 0 aliphatic heterocycles. The zero-order chi connectivity index (χ0) is 13.2. The molecule has 0 atom stereocenters. The molecule has 1 aromatic heterocycles. The van der Waals surface area contributed by atoms with Gasteiger partial charge in [0.1, 0.15) is 5.82 Å². The SMILES string of the molecule is CCC1(C(=O)Nc2ncc(N)cc2C)CCCC1. The van der Waals surface area contributed by atoms with Crippen LogP contribution in [0.2, 0.25) is 0 Å². The second-order valence-electron chi connectivity index (χ2n) is 5.23. The first-order valence-electron chi connectivity index (χ1n) is 6.61. The van der Waals surface area contributed by atoms with Crippen molar-refractivity contribution in [3.63, 3.8) is 0 Å². The van der Waals surface area contributed by atoms with Crippen LogP contribution in [0, 0.1) is 12.3 Å². The third kappa shape index (κ3) is 2.33. The lowest BCUT2D eigenvalue weighted by molar-refractivity contribution is -0.125. The average Bonchev–Trinajstić information content (AvgIpc) is 2.82. The Bertz CT molecular complexity index is 450. The molecule has 1 amide bonds. The second kappa shape index (κ2) is 4.96. The first-order chi connectivity index (χ1) is 8.57. The van der Waals surface area contributed by atoms with E-state index >= 15 is 0 Å². The number of amides is 1. The molecule has 1 heterocycles. The van der Waals surface area contributed by atoms with E-state index in [-0.39, 0.29) is 11.3 Å². The van der Waals surface area contributed by atoms with E-state index in [9.17, 15) is 4.79 Å². The van der Waals surface area contributed by atoms with E-state index in [0.717, 1.165) is 37.7 Å². The van der Waals surface area contributed by atoms with E-state index in [1.807, 2.05) is 13.0 Å². The highest BCUT2D eigenvalue weighted by Gasteiger charge is 2.39. The van der Waals surface area contributed by atoms with Crippen LogP contribution in [0.1, 0.15) is 44.6 Å². The van der Waals surface area contributed by atoms with Gasteiger partial charge in [-0.3, -0.25) is 4.79 Å². The maximum absolute atomic E-state index is 12.4. The number of nitrogen functional groups attached to an aromatic ring is 1. The Hall–Kier alpha value is -1.58. The van der Waals surface area contributed by atoms with E-state index in [1.54, 1.807) is 6.20 Å². The van der Waals surface area contributed by atoms with Gasteiger partial charge in [0.2, 0.25) is 5.91 Å². The Morgan fingerprint density at radius 2 is 2.17 bits per heavy atom. The summed E-state index contributed by atoms with van der Waals surface area (Å²) in [7, 11) is 0. The number of aromatic nitrogens is 1. The minimum absolute atomic E-state index is 0.114. The number of nitrogens with one attached hydrogen (secondary N) is 1. The topological polar surface area (TPSA) is 68.0 Å². The van der Waals surface area contributed by atoms with E-state index in [1.165, 1.54) is 0 Å². The maximum Gasteiger partial charge on any atom is 0.231 e. The normalized spacial score (nSPS) is 17.7. The van der Waals surface area contributed by atoms with Crippen LogP contribution in [0.5, 0.6) is 0 Å². The van der Waals surface area contributed by atoms with Crippen molar-refractivity contribution < 1.29 is 4.79 Å². The molecule has 1 aliphatic rings. The van der Waals surface area contributed by atoms with Crippen LogP contribution in [0.4, 0.5) is 11.5 Å². The molecule has 18 heavy (non-hydrogen) atoms. The van der Waals surface area contributed by atoms with Crippen molar-refractivity contribution in [2.24, 2.45) is 5.41 Å². The molecule has 1 aromatic rings. The Kier molecular flexibility index (Phi) is 3.55. The number of rotatable bonds is 3. The number of hydrogen-bond acceptors (Lipinski definition) is 3. The fourth-order valence-corrected chi connectivity index (χ4v) is 2.76. The molecule has 1 saturated carbocycles. The van der Waals surface area contributed by atoms with Gasteiger partial charge in [-0.05, 0) is 37.8 Å². The average molecular weight is 247 g/mol. The largest absolute Gasteiger partial charge is 0.397 e. The van der Waals surface area contributed by atoms with E-state index in [0.29, 0.717) is 11.5 Å². The third-order valence-electron chi connectivity index (χ3n) is 4.05. The van der Waals surface area contributed by atoms with Crippen molar-refractivity contribution in [3.8, 4) is 0 Å². The van der Waals surface area contributed by atoms with Crippen molar-refractivity contribution in [3.05, 3.63) is 17.8 Å². The van der Waals surface area contributed by atoms with Crippen LogP contribution in [-0.4, -0.2) is 10.9 Å². The van der Waals surface area contributed by atoms with Gasteiger partial charge in [-0.1, -0.05) is 19.8 Å². The third-order valence-corrected chi connectivity index (χ3v) is 4.05. The van der Waals surface area contributed by atoms with Crippen molar-refractivity contribution in [1.82, 2.24) is 4.98 Å². The van der Waals surface area contributed by atoms with Gasteiger partial charge in [0.05, 0.1) is 11.9 Å². The predicted molar refractivity (Wildman–Crippen MR) is 73.2 cm³/mol. The summed E-state index contributed by atoms with van der Waals surface area (Å²) in [4.78, 5) is 16.6. The molecule has 1 aliphatic carbocycles. The van der Waals surface area contributed by atoms with Crippen molar-refractivity contribution >= 4 is 17.4 Å². The first kappa shape index (κ1) is 12.9. The molecule has 0 radical (unpaired) electrons. The minimum Gasteiger partial charge on any atom is -0.397 e. The van der Waals surface area contributed by atoms with Crippen molar-refractivity contribution in [2.75, 3.05) is 11.1 Å². The van der Waals surface area contributed by atoms with E-state index in [2.05, 4.69) is 17.2 Å². The van der Waals surface area contributed by atoms with Crippen LogP contribution in [0.3, 0.4) is 0 Å². The molecule has 3 N–H and O–H groups in total. The number of hydrogen-bond donors (Lipinski definition) is 2. The number of carbonyl (C=O) groups excluding carboxylic acids is 1. The van der Waals surface area contributed by atoms with Crippen LogP contribution < -0.4 is 11.1 Å². The summed E-state index contributed by atoms with van der Waals surface area (Å²) in [5.41, 5.74) is 7.00.